The number of carbonyl (C=O) groups is 1. The third kappa shape index (κ3) is 2.99. The van der Waals surface area contributed by atoms with Crippen LogP contribution in [0.1, 0.15) is 34.1 Å². The second-order valence-electron chi connectivity index (χ2n) is 4.64. The number of nitrogens with one attached hydrogen (secondary N) is 1. The lowest BCUT2D eigenvalue weighted by molar-refractivity contribution is 0.0527. The lowest BCUT2D eigenvalue weighted by atomic mass is 10.1. The highest BCUT2D eigenvalue weighted by molar-refractivity contribution is 7.10. The Kier molecular flexibility index (Phi) is 4.39. The summed E-state index contributed by atoms with van der Waals surface area (Å²) in [6, 6.07) is 6.17. The molecule has 0 atom stereocenters. The summed E-state index contributed by atoms with van der Waals surface area (Å²) < 4.78 is 9.33. The van der Waals surface area contributed by atoms with Crippen LogP contribution in [0, 0.1) is 20.8 Å². The SMILES string of the molecule is CCOC(=O)c1c(C)nsc1Nc1cc(C)ccc1C. The van der Waals surface area contributed by atoms with E-state index < -0.39 is 0 Å². The van der Waals surface area contributed by atoms with Crippen molar-refractivity contribution in [1.29, 1.82) is 0 Å². The summed E-state index contributed by atoms with van der Waals surface area (Å²) in [5, 5.41) is 4.03. The number of ether oxygens (including phenoxy) is 1. The van der Waals surface area contributed by atoms with Gasteiger partial charge >= 0.3 is 5.97 Å². The van der Waals surface area contributed by atoms with Gasteiger partial charge in [0.15, 0.2) is 0 Å². The number of hydrogen-bond acceptors (Lipinski definition) is 5. The summed E-state index contributed by atoms with van der Waals surface area (Å²) in [6.07, 6.45) is 0. The molecule has 2 rings (SSSR count). The van der Waals surface area contributed by atoms with Crippen LogP contribution in [0.4, 0.5) is 10.7 Å². The van der Waals surface area contributed by atoms with Crippen molar-refractivity contribution in [2.75, 3.05) is 11.9 Å². The van der Waals surface area contributed by atoms with Crippen molar-refractivity contribution in [2.24, 2.45) is 0 Å². The monoisotopic (exact) mass is 290 g/mol. The molecule has 0 aliphatic rings. The van der Waals surface area contributed by atoms with E-state index in [0.29, 0.717) is 17.9 Å². The van der Waals surface area contributed by atoms with Gasteiger partial charge < -0.3 is 10.1 Å². The zero-order valence-electron chi connectivity index (χ0n) is 12.1. The molecule has 1 aromatic carbocycles. The molecule has 0 unspecified atom stereocenters. The number of aryl methyl sites for hydroxylation is 3. The van der Waals surface area contributed by atoms with Crippen molar-refractivity contribution in [3.05, 3.63) is 40.6 Å². The second-order valence-corrected chi connectivity index (χ2v) is 5.41. The number of esters is 1. The maximum Gasteiger partial charge on any atom is 0.343 e. The number of benzene rings is 1. The number of rotatable bonds is 4. The van der Waals surface area contributed by atoms with E-state index in [9.17, 15) is 4.79 Å². The molecule has 0 saturated heterocycles. The van der Waals surface area contributed by atoms with E-state index in [4.69, 9.17) is 4.74 Å². The number of nitrogens with zero attached hydrogens (tertiary/aromatic N) is 1. The van der Waals surface area contributed by atoms with Gasteiger partial charge in [0.05, 0.1) is 12.3 Å². The van der Waals surface area contributed by atoms with Gasteiger partial charge in [-0.3, -0.25) is 0 Å². The zero-order valence-corrected chi connectivity index (χ0v) is 12.9. The Morgan fingerprint density at radius 1 is 1.35 bits per heavy atom. The highest BCUT2D eigenvalue weighted by Crippen LogP contribution is 2.30. The summed E-state index contributed by atoms with van der Waals surface area (Å²) >= 11 is 1.28. The van der Waals surface area contributed by atoms with Crippen LogP contribution in [0.5, 0.6) is 0 Å². The molecule has 1 N–H and O–H groups in total. The number of hydrogen-bond donors (Lipinski definition) is 1. The minimum absolute atomic E-state index is 0.327. The lowest BCUT2D eigenvalue weighted by Crippen LogP contribution is -2.07. The van der Waals surface area contributed by atoms with Gasteiger partial charge in [-0.15, -0.1) is 0 Å². The van der Waals surface area contributed by atoms with Gasteiger partial charge in [0.25, 0.3) is 0 Å². The summed E-state index contributed by atoms with van der Waals surface area (Å²) in [7, 11) is 0. The minimum atomic E-state index is -0.327. The molecule has 0 bridgehead atoms. The molecule has 0 fully saturated rings. The van der Waals surface area contributed by atoms with Gasteiger partial charge in [-0.25, -0.2) is 4.79 Å². The maximum atomic E-state index is 12.0. The molecule has 0 amide bonds. The number of anilines is 2. The molecule has 1 aromatic heterocycles. The first-order chi connectivity index (χ1) is 9.52. The van der Waals surface area contributed by atoms with Crippen LogP contribution >= 0.6 is 11.5 Å². The molecular formula is C15H18N2O2S. The average Bonchev–Trinajstić information content (AvgIpc) is 2.75. The van der Waals surface area contributed by atoms with Crippen molar-refractivity contribution in [3.8, 4) is 0 Å². The molecule has 0 spiro atoms. The molecule has 20 heavy (non-hydrogen) atoms. The molecule has 1 heterocycles. The Hall–Kier alpha value is -1.88. The Morgan fingerprint density at radius 2 is 2.10 bits per heavy atom. The minimum Gasteiger partial charge on any atom is -0.462 e. The third-order valence-corrected chi connectivity index (χ3v) is 3.84. The molecule has 0 aliphatic carbocycles. The van der Waals surface area contributed by atoms with Crippen LogP contribution in [0.2, 0.25) is 0 Å². The second kappa shape index (κ2) is 6.05. The lowest BCUT2D eigenvalue weighted by Gasteiger charge is -2.10. The van der Waals surface area contributed by atoms with Crippen LogP contribution < -0.4 is 5.32 Å². The fourth-order valence-corrected chi connectivity index (χ4v) is 2.69. The normalized spacial score (nSPS) is 10.4. The summed E-state index contributed by atoms with van der Waals surface area (Å²) in [6.45, 7) is 8.04. The van der Waals surface area contributed by atoms with E-state index in [1.165, 1.54) is 11.5 Å². The van der Waals surface area contributed by atoms with Crippen LogP contribution in [-0.2, 0) is 4.74 Å². The van der Waals surface area contributed by atoms with E-state index >= 15 is 0 Å². The molecule has 4 nitrogen and oxygen atoms in total. The predicted molar refractivity (Wildman–Crippen MR) is 82.0 cm³/mol. The zero-order chi connectivity index (χ0) is 14.7. The van der Waals surface area contributed by atoms with Crippen molar-refractivity contribution in [3.63, 3.8) is 0 Å². The standard InChI is InChI=1S/C15H18N2O2S/c1-5-19-15(18)13-11(4)17-20-14(13)16-12-8-9(2)6-7-10(12)3/h6-8,16H,5H2,1-4H3. The van der Waals surface area contributed by atoms with E-state index in [1.807, 2.05) is 20.8 Å². The van der Waals surface area contributed by atoms with Crippen LogP contribution in [0.3, 0.4) is 0 Å². The van der Waals surface area contributed by atoms with Gasteiger partial charge in [0.2, 0.25) is 0 Å². The van der Waals surface area contributed by atoms with E-state index in [1.54, 1.807) is 6.92 Å². The molecule has 5 heteroatoms. The predicted octanol–water partition coefficient (Wildman–Crippen LogP) is 3.99. The number of aromatic nitrogens is 1. The average molecular weight is 290 g/mol. The van der Waals surface area contributed by atoms with Crippen molar-refractivity contribution < 1.29 is 9.53 Å². The third-order valence-electron chi connectivity index (χ3n) is 2.98. The quantitative estimate of drug-likeness (QED) is 0.865. The fraction of sp³-hybridized carbons (Fsp3) is 0.333. The van der Waals surface area contributed by atoms with Crippen molar-refractivity contribution in [1.82, 2.24) is 4.37 Å². The number of carbonyl (C=O) groups excluding carboxylic acids is 1. The molecule has 0 saturated carbocycles. The van der Waals surface area contributed by atoms with Crippen molar-refractivity contribution in [2.45, 2.75) is 27.7 Å². The van der Waals surface area contributed by atoms with E-state index in [0.717, 1.165) is 21.8 Å². The molecule has 0 radical (unpaired) electrons. The van der Waals surface area contributed by atoms with Crippen LogP contribution in [0.25, 0.3) is 0 Å². The summed E-state index contributed by atoms with van der Waals surface area (Å²) in [5.74, 6) is -0.327. The van der Waals surface area contributed by atoms with E-state index in [2.05, 4.69) is 27.9 Å². The fourth-order valence-electron chi connectivity index (χ4n) is 1.89. The largest absolute Gasteiger partial charge is 0.462 e. The van der Waals surface area contributed by atoms with Gasteiger partial charge in [0.1, 0.15) is 10.6 Å². The summed E-state index contributed by atoms with van der Waals surface area (Å²) in [4.78, 5) is 12.0. The highest BCUT2D eigenvalue weighted by atomic mass is 32.1. The van der Waals surface area contributed by atoms with Gasteiger partial charge in [-0.05, 0) is 56.4 Å². The van der Waals surface area contributed by atoms with Gasteiger partial charge in [-0.2, -0.15) is 4.37 Å². The molecule has 2 aromatic rings. The van der Waals surface area contributed by atoms with Gasteiger partial charge in [0, 0.05) is 5.69 Å². The Morgan fingerprint density at radius 3 is 2.80 bits per heavy atom. The Labute approximate surface area is 123 Å². The molecule has 106 valence electrons. The Balaban J connectivity index is 2.34. The first kappa shape index (κ1) is 14.5. The smallest absolute Gasteiger partial charge is 0.343 e. The highest BCUT2D eigenvalue weighted by Gasteiger charge is 2.20. The first-order valence-corrected chi connectivity index (χ1v) is 7.28. The van der Waals surface area contributed by atoms with Gasteiger partial charge in [-0.1, -0.05) is 12.1 Å². The molecule has 0 aliphatic heterocycles. The first-order valence-electron chi connectivity index (χ1n) is 6.50. The Bertz CT molecular complexity index is 635. The van der Waals surface area contributed by atoms with Crippen molar-refractivity contribution >= 4 is 28.2 Å². The maximum absolute atomic E-state index is 12.0. The van der Waals surface area contributed by atoms with Crippen LogP contribution in [0.15, 0.2) is 18.2 Å². The summed E-state index contributed by atoms with van der Waals surface area (Å²) in [5.41, 5.74) is 4.49. The topological polar surface area (TPSA) is 51.2 Å². The van der Waals surface area contributed by atoms with Crippen LogP contribution in [-0.4, -0.2) is 16.9 Å². The molecular weight excluding hydrogens is 272 g/mol. The van der Waals surface area contributed by atoms with E-state index in [-0.39, 0.29) is 5.97 Å².